The Balaban J connectivity index is 1.61. The van der Waals surface area contributed by atoms with Crippen LogP contribution < -0.4 is 5.32 Å². The van der Waals surface area contributed by atoms with Gasteiger partial charge in [0, 0.05) is 12.6 Å². The van der Waals surface area contributed by atoms with Crippen LogP contribution in [0.1, 0.15) is 38.5 Å². The van der Waals surface area contributed by atoms with Crippen LogP contribution in [0, 0.1) is 5.92 Å². The van der Waals surface area contributed by atoms with Gasteiger partial charge < -0.3 is 10.2 Å². The molecule has 1 heterocycles. The summed E-state index contributed by atoms with van der Waals surface area (Å²) >= 11 is 0. The van der Waals surface area contributed by atoms with Gasteiger partial charge in [0.2, 0.25) is 5.91 Å². The van der Waals surface area contributed by atoms with E-state index in [0.29, 0.717) is 11.9 Å². The molecule has 1 saturated heterocycles. The number of carbonyl (C=O) groups is 1. The van der Waals surface area contributed by atoms with Gasteiger partial charge in [0.1, 0.15) is 0 Å². The number of nitrogens with one attached hydrogen (secondary N) is 1. The molecule has 15 heavy (non-hydrogen) atoms. The Kier molecular flexibility index (Phi) is 2.43. The molecule has 1 N–H and O–H groups in total. The molecule has 2 saturated carbocycles. The molecule has 0 spiro atoms. The molecule has 3 fully saturated rings. The summed E-state index contributed by atoms with van der Waals surface area (Å²) in [5.41, 5.74) is 0. The van der Waals surface area contributed by atoms with Gasteiger partial charge in [-0.1, -0.05) is 0 Å². The Morgan fingerprint density at radius 3 is 2.53 bits per heavy atom. The zero-order valence-corrected chi connectivity index (χ0v) is 9.24. The third-order valence-corrected chi connectivity index (χ3v) is 3.78. The highest BCUT2D eigenvalue weighted by atomic mass is 16.2. The molecule has 1 atom stereocenters. The summed E-state index contributed by atoms with van der Waals surface area (Å²) in [5, 5.41) is 3.32. The van der Waals surface area contributed by atoms with Gasteiger partial charge in [-0.25, -0.2) is 0 Å². The maximum atomic E-state index is 12.3. The van der Waals surface area contributed by atoms with Crippen molar-refractivity contribution in [1.29, 1.82) is 0 Å². The SMILES string of the molecule is O=C(C1CCCN1)N(CC1CC1)C1CC1. The van der Waals surface area contributed by atoms with E-state index in [1.165, 1.54) is 32.1 Å². The number of hydrogen-bond acceptors (Lipinski definition) is 2. The van der Waals surface area contributed by atoms with Crippen molar-refractivity contribution in [2.45, 2.75) is 50.6 Å². The van der Waals surface area contributed by atoms with Gasteiger partial charge in [-0.3, -0.25) is 4.79 Å². The maximum absolute atomic E-state index is 12.3. The van der Waals surface area contributed by atoms with Gasteiger partial charge in [-0.2, -0.15) is 0 Å². The van der Waals surface area contributed by atoms with Crippen LogP contribution in [0.3, 0.4) is 0 Å². The lowest BCUT2D eigenvalue weighted by Crippen LogP contribution is -2.45. The van der Waals surface area contributed by atoms with E-state index in [-0.39, 0.29) is 6.04 Å². The number of rotatable bonds is 4. The van der Waals surface area contributed by atoms with E-state index in [1.54, 1.807) is 0 Å². The van der Waals surface area contributed by atoms with E-state index in [0.717, 1.165) is 25.4 Å². The van der Waals surface area contributed by atoms with E-state index in [4.69, 9.17) is 0 Å². The van der Waals surface area contributed by atoms with Gasteiger partial charge >= 0.3 is 0 Å². The first-order chi connectivity index (χ1) is 7.34. The van der Waals surface area contributed by atoms with Crippen LogP contribution in [0.2, 0.25) is 0 Å². The van der Waals surface area contributed by atoms with Crippen molar-refractivity contribution in [1.82, 2.24) is 10.2 Å². The Bertz CT molecular complexity index is 252. The number of nitrogens with zero attached hydrogens (tertiary/aromatic N) is 1. The third-order valence-electron chi connectivity index (χ3n) is 3.78. The lowest BCUT2D eigenvalue weighted by atomic mass is 10.2. The summed E-state index contributed by atoms with van der Waals surface area (Å²) < 4.78 is 0. The van der Waals surface area contributed by atoms with Crippen LogP contribution in [0.5, 0.6) is 0 Å². The summed E-state index contributed by atoms with van der Waals surface area (Å²) in [7, 11) is 0. The number of carbonyl (C=O) groups excluding carboxylic acids is 1. The lowest BCUT2D eigenvalue weighted by molar-refractivity contribution is -0.133. The molecule has 2 aliphatic carbocycles. The minimum Gasteiger partial charge on any atom is -0.338 e. The summed E-state index contributed by atoms with van der Waals surface area (Å²) in [6, 6.07) is 0.741. The number of hydrogen-bond donors (Lipinski definition) is 1. The highest BCUT2D eigenvalue weighted by Crippen LogP contribution is 2.35. The standard InChI is InChI=1S/C12H20N2O/c15-12(11-2-1-7-13-11)14(10-5-6-10)8-9-3-4-9/h9-11,13H,1-8H2. The van der Waals surface area contributed by atoms with Gasteiger partial charge in [-0.15, -0.1) is 0 Å². The molecule has 1 aliphatic heterocycles. The normalized spacial score (nSPS) is 30.5. The second-order valence-electron chi connectivity index (χ2n) is 5.31. The molecular weight excluding hydrogens is 188 g/mol. The van der Waals surface area contributed by atoms with Crippen molar-refractivity contribution >= 4 is 5.91 Å². The van der Waals surface area contributed by atoms with Crippen LogP contribution in [0.25, 0.3) is 0 Å². The summed E-state index contributed by atoms with van der Waals surface area (Å²) in [6.45, 7) is 2.07. The van der Waals surface area contributed by atoms with Crippen molar-refractivity contribution in [2.24, 2.45) is 5.92 Å². The largest absolute Gasteiger partial charge is 0.338 e. The molecule has 84 valence electrons. The molecule has 3 rings (SSSR count). The van der Waals surface area contributed by atoms with Crippen LogP contribution in [-0.4, -0.2) is 36.0 Å². The fraction of sp³-hybridized carbons (Fsp3) is 0.917. The van der Waals surface area contributed by atoms with E-state index < -0.39 is 0 Å². The number of amides is 1. The highest BCUT2D eigenvalue weighted by Gasteiger charge is 2.39. The predicted octanol–water partition coefficient (Wildman–Crippen LogP) is 1.14. The van der Waals surface area contributed by atoms with Gasteiger partial charge in [0.25, 0.3) is 0 Å². The monoisotopic (exact) mass is 208 g/mol. The first kappa shape index (κ1) is 9.64. The topological polar surface area (TPSA) is 32.3 Å². The zero-order valence-electron chi connectivity index (χ0n) is 9.24. The molecule has 1 amide bonds. The second-order valence-corrected chi connectivity index (χ2v) is 5.31. The molecule has 3 nitrogen and oxygen atoms in total. The summed E-state index contributed by atoms with van der Waals surface area (Å²) in [6.07, 6.45) is 7.38. The third kappa shape index (κ3) is 2.17. The first-order valence-electron chi connectivity index (χ1n) is 6.38. The molecule has 0 radical (unpaired) electrons. The maximum Gasteiger partial charge on any atom is 0.239 e. The summed E-state index contributed by atoms with van der Waals surface area (Å²) in [4.78, 5) is 14.4. The highest BCUT2D eigenvalue weighted by molar-refractivity contribution is 5.82. The van der Waals surface area contributed by atoms with Crippen LogP contribution in [-0.2, 0) is 4.79 Å². The second kappa shape index (κ2) is 3.78. The van der Waals surface area contributed by atoms with Crippen molar-refractivity contribution < 1.29 is 4.79 Å². The zero-order chi connectivity index (χ0) is 10.3. The van der Waals surface area contributed by atoms with Crippen molar-refractivity contribution in [3.05, 3.63) is 0 Å². The van der Waals surface area contributed by atoms with Crippen LogP contribution >= 0.6 is 0 Å². The first-order valence-corrected chi connectivity index (χ1v) is 6.38. The van der Waals surface area contributed by atoms with E-state index in [1.807, 2.05) is 0 Å². The van der Waals surface area contributed by atoms with Crippen LogP contribution in [0.15, 0.2) is 0 Å². The molecule has 3 heteroatoms. The van der Waals surface area contributed by atoms with E-state index in [2.05, 4.69) is 10.2 Å². The van der Waals surface area contributed by atoms with Crippen molar-refractivity contribution in [3.8, 4) is 0 Å². The van der Waals surface area contributed by atoms with Gasteiger partial charge in [0.15, 0.2) is 0 Å². The minimum absolute atomic E-state index is 0.143. The quantitative estimate of drug-likeness (QED) is 0.751. The molecular formula is C12H20N2O. The Hall–Kier alpha value is -0.570. The van der Waals surface area contributed by atoms with Gasteiger partial charge in [0.05, 0.1) is 6.04 Å². The predicted molar refractivity (Wildman–Crippen MR) is 58.5 cm³/mol. The van der Waals surface area contributed by atoms with Crippen molar-refractivity contribution in [3.63, 3.8) is 0 Å². The van der Waals surface area contributed by atoms with E-state index in [9.17, 15) is 4.79 Å². The average molecular weight is 208 g/mol. The smallest absolute Gasteiger partial charge is 0.239 e. The lowest BCUT2D eigenvalue weighted by Gasteiger charge is -2.25. The average Bonchev–Trinajstić information content (AvgIpc) is 3.14. The molecule has 0 bridgehead atoms. The molecule has 0 aromatic rings. The molecule has 1 unspecified atom stereocenters. The van der Waals surface area contributed by atoms with Gasteiger partial charge in [-0.05, 0) is 51.0 Å². The van der Waals surface area contributed by atoms with E-state index >= 15 is 0 Å². The fourth-order valence-corrected chi connectivity index (χ4v) is 2.48. The van der Waals surface area contributed by atoms with Crippen LogP contribution in [0.4, 0.5) is 0 Å². The minimum atomic E-state index is 0.143. The Morgan fingerprint density at radius 1 is 1.20 bits per heavy atom. The van der Waals surface area contributed by atoms with Crippen molar-refractivity contribution in [2.75, 3.05) is 13.1 Å². The fourth-order valence-electron chi connectivity index (χ4n) is 2.48. The Labute approximate surface area is 91.2 Å². The molecule has 0 aromatic heterocycles. The Morgan fingerprint density at radius 2 is 2.00 bits per heavy atom. The summed E-state index contributed by atoms with van der Waals surface area (Å²) in [5.74, 6) is 1.22. The molecule has 3 aliphatic rings. The molecule has 0 aromatic carbocycles.